The first-order valence-electron chi connectivity index (χ1n) is 6.63. The summed E-state index contributed by atoms with van der Waals surface area (Å²) in [6.45, 7) is 4.22. The van der Waals surface area contributed by atoms with Gasteiger partial charge in [-0.2, -0.15) is 0 Å². The molecule has 1 atom stereocenters. The molecule has 1 aliphatic rings. The molecule has 2 aromatic rings. The van der Waals surface area contributed by atoms with E-state index in [1.54, 1.807) is 0 Å². The lowest BCUT2D eigenvalue weighted by molar-refractivity contribution is 0.175. The van der Waals surface area contributed by atoms with E-state index in [-0.39, 0.29) is 0 Å². The number of fused-ring (bicyclic) bond motifs is 1. The topological polar surface area (TPSA) is 16.1 Å². The minimum Gasteiger partial charge on any atom is -0.292 e. The molecule has 2 nitrogen and oxygen atoms in total. The van der Waals surface area contributed by atoms with Gasteiger partial charge in [-0.25, -0.2) is 4.98 Å². The minimum absolute atomic E-state index is 0.538. The molecule has 1 aliphatic heterocycles. The van der Waals surface area contributed by atoms with Crippen LogP contribution < -0.4 is 0 Å². The lowest BCUT2D eigenvalue weighted by Gasteiger charge is -2.34. The molecule has 0 N–H and O–H groups in total. The Bertz CT molecular complexity index is 568. The maximum absolute atomic E-state index is 5.99. The molecule has 0 radical (unpaired) electrons. The van der Waals surface area contributed by atoms with Crippen LogP contribution in [0.25, 0.3) is 0 Å². The van der Waals surface area contributed by atoms with Gasteiger partial charge in [0.1, 0.15) is 5.15 Å². The van der Waals surface area contributed by atoms with Crippen LogP contribution in [0, 0.1) is 0 Å². The Hall–Kier alpha value is -1.38. The molecule has 0 spiro atoms. The standard InChI is InChI=1S/C16H17ClN2/c1-12-7-14-9-18-16(17)8-15(14)11-19(12)10-13-5-3-2-4-6-13/h2-6,8-9,12H,7,10-11H2,1H3. The predicted octanol–water partition coefficient (Wildman–Crippen LogP) is 3.68. The van der Waals surface area contributed by atoms with Gasteiger partial charge in [-0.05, 0) is 36.1 Å². The van der Waals surface area contributed by atoms with Crippen LogP contribution in [0.2, 0.25) is 5.15 Å². The van der Waals surface area contributed by atoms with Crippen LogP contribution in [0.4, 0.5) is 0 Å². The van der Waals surface area contributed by atoms with E-state index < -0.39 is 0 Å². The number of benzene rings is 1. The van der Waals surface area contributed by atoms with E-state index in [9.17, 15) is 0 Å². The average molecular weight is 273 g/mol. The first kappa shape index (κ1) is 12.6. The second-order valence-electron chi connectivity index (χ2n) is 5.22. The Balaban J connectivity index is 1.81. The molecule has 98 valence electrons. The highest BCUT2D eigenvalue weighted by Gasteiger charge is 2.23. The van der Waals surface area contributed by atoms with E-state index in [2.05, 4.69) is 47.1 Å². The van der Waals surface area contributed by atoms with Crippen molar-refractivity contribution in [1.82, 2.24) is 9.88 Å². The highest BCUT2D eigenvalue weighted by atomic mass is 35.5. The minimum atomic E-state index is 0.538. The molecule has 3 heteroatoms. The van der Waals surface area contributed by atoms with Crippen LogP contribution in [0.5, 0.6) is 0 Å². The fraction of sp³-hybridized carbons (Fsp3) is 0.312. The largest absolute Gasteiger partial charge is 0.292 e. The first-order valence-corrected chi connectivity index (χ1v) is 7.01. The van der Waals surface area contributed by atoms with Gasteiger partial charge in [0, 0.05) is 25.3 Å². The van der Waals surface area contributed by atoms with Crippen molar-refractivity contribution in [3.8, 4) is 0 Å². The molecule has 2 heterocycles. The zero-order valence-electron chi connectivity index (χ0n) is 11.0. The monoisotopic (exact) mass is 272 g/mol. The molecule has 3 rings (SSSR count). The molecule has 1 aromatic heterocycles. The Morgan fingerprint density at radius 3 is 2.84 bits per heavy atom. The fourth-order valence-corrected chi connectivity index (χ4v) is 2.86. The zero-order valence-corrected chi connectivity index (χ0v) is 11.8. The summed E-state index contributed by atoms with van der Waals surface area (Å²) in [5, 5.41) is 0.591. The van der Waals surface area contributed by atoms with Gasteiger partial charge in [0.15, 0.2) is 0 Å². The maximum atomic E-state index is 5.99. The number of aromatic nitrogens is 1. The van der Waals surface area contributed by atoms with Crippen molar-refractivity contribution >= 4 is 11.6 Å². The van der Waals surface area contributed by atoms with E-state index in [0.717, 1.165) is 19.5 Å². The van der Waals surface area contributed by atoms with Crippen LogP contribution in [0.1, 0.15) is 23.6 Å². The quantitative estimate of drug-likeness (QED) is 0.776. The second-order valence-corrected chi connectivity index (χ2v) is 5.61. The van der Waals surface area contributed by atoms with E-state index >= 15 is 0 Å². The van der Waals surface area contributed by atoms with Gasteiger partial charge in [-0.15, -0.1) is 0 Å². The smallest absolute Gasteiger partial charge is 0.129 e. The van der Waals surface area contributed by atoms with Crippen molar-refractivity contribution in [2.24, 2.45) is 0 Å². The number of halogens is 1. The molecule has 0 amide bonds. The van der Waals surface area contributed by atoms with Gasteiger partial charge >= 0.3 is 0 Å². The third-order valence-corrected chi connectivity index (χ3v) is 4.00. The highest BCUT2D eigenvalue weighted by Crippen LogP contribution is 2.25. The number of pyridine rings is 1. The third kappa shape index (κ3) is 2.80. The Morgan fingerprint density at radius 1 is 1.26 bits per heavy atom. The molecule has 0 aliphatic carbocycles. The SMILES string of the molecule is CC1Cc2cnc(Cl)cc2CN1Cc1ccccc1. The Morgan fingerprint density at radius 2 is 2.05 bits per heavy atom. The Labute approximate surface area is 119 Å². The van der Waals surface area contributed by atoms with Crippen LogP contribution in [0.3, 0.4) is 0 Å². The summed E-state index contributed by atoms with van der Waals surface area (Å²) in [7, 11) is 0. The van der Waals surface area contributed by atoms with Crippen LogP contribution in [0.15, 0.2) is 42.6 Å². The lowest BCUT2D eigenvalue weighted by Crippen LogP contribution is -2.37. The lowest BCUT2D eigenvalue weighted by atomic mass is 9.96. The summed E-state index contributed by atoms with van der Waals surface area (Å²) in [6.07, 6.45) is 2.97. The van der Waals surface area contributed by atoms with E-state index in [1.807, 2.05) is 12.3 Å². The van der Waals surface area contributed by atoms with E-state index in [0.29, 0.717) is 11.2 Å². The van der Waals surface area contributed by atoms with Crippen LogP contribution in [-0.2, 0) is 19.5 Å². The molecule has 0 saturated carbocycles. The summed E-state index contributed by atoms with van der Waals surface area (Å²) in [6, 6.07) is 13.2. The zero-order chi connectivity index (χ0) is 13.2. The predicted molar refractivity (Wildman–Crippen MR) is 78.1 cm³/mol. The van der Waals surface area contributed by atoms with Crippen molar-refractivity contribution in [2.45, 2.75) is 32.5 Å². The number of rotatable bonds is 2. The molecule has 0 fully saturated rings. The molecule has 0 saturated heterocycles. The average Bonchev–Trinajstić information content (AvgIpc) is 2.41. The van der Waals surface area contributed by atoms with Gasteiger partial charge in [0.25, 0.3) is 0 Å². The van der Waals surface area contributed by atoms with Gasteiger partial charge < -0.3 is 0 Å². The van der Waals surface area contributed by atoms with Gasteiger partial charge in [-0.3, -0.25) is 4.90 Å². The Kier molecular flexibility index (Phi) is 3.54. The van der Waals surface area contributed by atoms with Gasteiger partial charge in [0.05, 0.1) is 0 Å². The molecule has 1 aromatic carbocycles. The molecule has 0 bridgehead atoms. The number of hydrogen-bond acceptors (Lipinski definition) is 2. The van der Waals surface area contributed by atoms with Crippen molar-refractivity contribution in [1.29, 1.82) is 0 Å². The van der Waals surface area contributed by atoms with Crippen LogP contribution in [-0.4, -0.2) is 15.9 Å². The highest BCUT2D eigenvalue weighted by molar-refractivity contribution is 6.29. The third-order valence-electron chi connectivity index (χ3n) is 3.79. The maximum Gasteiger partial charge on any atom is 0.129 e. The summed E-state index contributed by atoms with van der Waals surface area (Å²) in [4.78, 5) is 6.68. The summed E-state index contributed by atoms with van der Waals surface area (Å²) in [5.41, 5.74) is 4.01. The van der Waals surface area contributed by atoms with E-state index in [4.69, 9.17) is 11.6 Å². The first-order chi connectivity index (χ1) is 9.22. The van der Waals surface area contributed by atoms with Crippen molar-refractivity contribution in [3.63, 3.8) is 0 Å². The molecular weight excluding hydrogens is 256 g/mol. The van der Waals surface area contributed by atoms with Crippen molar-refractivity contribution in [3.05, 3.63) is 64.4 Å². The summed E-state index contributed by atoms with van der Waals surface area (Å²) in [5.74, 6) is 0. The van der Waals surface area contributed by atoms with E-state index in [1.165, 1.54) is 16.7 Å². The van der Waals surface area contributed by atoms with Gasteiger partial charge in [0.2, 0.25) is 0 Å². The molecular formula is C16H17ClN2. The molecule has 1 unspecified atom stereocenters. The van der Waals surface area contributed by atoms with Crippen molar-refractivity contribution < 1.29 is 0 Å². The fourth-order valence-electron chi connectivity index (χ4n) is 2.68. The summed E-state index contributed by atoms with van der Waals surface area (Å²) < 4.78 is 0. The molecule has 19 heavy (non-hydrogen) atoms. The second kappa shape index (κ2) is 5.32. The summed E-state index contributed by atoms with van der Waals surface area (Å²) >= 11 is 5.99. The van der Waals surface area contributed by atoms with Gasteiger partial charge in [-0.1, -0.05) is 41.9 Å². The number of hydrogen-bond donors (Lipinski definition) is 0. The van der Waals surface area contributed by atoms with Crippen molar-refractivity contribution in [2.75, 3.05) is 0 Å². The number of nitrogens with zero attached hydrogens (tertiary/aromatic N) is 2. The van der Waals surface area contributed by atoms with Crippen LogP contribution >= 0.6 is 11.6 Å². The normalized spacial score (nSPS) is 19.2.